The Morgan fingerprint density at radius 3 is 2.33 bits per heavy atom. The van der Waals surface area contributed by atoms with Crippen molar-refractivity contribution in [3.05, 3.63) is 35.4 Å². The molecule has 0 saturated carbocycles. The van der Waals surface area contributed by atoms with Crippen LogP contribution in [0.5, 0.6) is 0 Å². The maximum absolute atomic E-state index is 12.7. The lowest BCUT2D eigenvalue weighted by molar-refractivity contribution is -0.136. The van der Waals surface area contributed by atoms with E-state index in [2.05, 4.69) is 0 Å². The minimum absolute atomic E-state index is 0.124. The number of hydrogen-bond donors (Lipinski definition) is 0. The van der Waals surface area contributed by atoms with Gasteiger partial charge in [0, 0.05) is 38.3 Å². The molecule has 24 heavy (non-hydrogen) atoms. The third kappa shape index (κ3) is 3.03. The second-order valence-corrected chi connectivity index (χ2v) is 8.24. The highest BCUT2D eigenvalue weighted by atomic mass is 32.2. The summed E-state index contributed by atoms with van der Waals surface area (Å²) in [5.41, 5.74) is 1.59. The normalized spacial score (nSPS) is 20.2. The molecular weight excluding hydrogens is 330 g/mol. The van der Waals surface area contributed by atoms with Crippen LogP contribution in [0.3, 0.4) is 0 Å². The van der Waals surface area contributed by atoms with Crippen LogP contribution in [-0.4, -0.2) is 72.8 Å². The minimum Gasteiger partial charge on any atom is -0.338 e. The van der Waals surface area contributed by atoms with Crippen LogP contribution in [0, 0.1) is 0 Å². The molecule has 2 amide bonds. The summed E-state index contributed by atoms with van der Waals surface area (Å²) in [5.74, 6) is -0.259. The molecule has 0 N–H and O–H groups in total. The first-order chi connectivity index (χ1) is 11.3. The zero-order valence-corrected chi connectivity index (χ0v) is 14.6. The van der Waals surface area contributed by atoms with Gasteiger partial charge in [0.15, 0.2) is 0 Å². The van der Waals surface area contributed by atoms with E-state index in [0.717, 1.165) is 5.56 Å². The molecule has 0 aromatic heterocycles. The Balaban J connectivity index is 1.66. The third-order valence-electron chi connectivity index (χ3n) is 4.69. The molecule has 2 aliphatic heterocycles. The van der Waals surface area contributed by atoms with E-state index in [9.17, 15) is 18.0 Å². The summed E-state index contributed by atoms with van der Waals surface area (Å²) in [5, 5.41) is 0. The SMILES string of the molecule is CC(C(=O)N1CCN(S(C)(=O)=O)CC1)N1Cc2ccccc2C1=O. The number of benzene rings is 1. The average molecular weight is 351 g/mol. The smallest absolute Gasteiger partial charge is 0.255 e. The van der Waals surface area contributed by atoms with E-state index in [1.807, 2.05) is 18.2 Å². The summed E-state index contributed by atoms with van der Waals surface area (Å²) in [6.45, 7) is 3.47. The largest absolute Gasteiger partial charge is 0.338 e. The molecule has 0 spiro atoms. The van der Waals surface area contributed by atoms with Gasteiger partial charge in [0.1, 0.15) is 6.04 Å². The number of piperazine rings is 1. The average Bonchev–Trinajstić information content (AvgIpc) is 2.90. The summed E-state index contributed by atoms with van der Waals surface area (Å²) in [6, 6.07) is 6.81. The highest BCUT2D eigenvalue weighted by Gasteiger charge is 2.36. The van der Waals surface area contributed by atoms with Gasteiger partial charge in [-0.25, -0.2) is 8.42 Å². The molecule has 1 atom stereocenters. The molecule has 1 aromatic rings. The van der Waals surface area contributed by atoms with E-state index < -0.39 is 16.1 Å². The van der Waals surface area contributed by atoms with Gasteiger partial charge in [0.05, 0.1) is 6.26 Å². The Kier molecular flexibility index (Phi) is 4.35. The van der Waals surface area contributed by atoms with Crippen LogP contribution < -0.4 is 0 Å². The van der Waals surface area contributed by atoms with Crippen LogP contribution >= 0.6 is 0 Å². The number of amides is 2. The highest BCUT2D eigenvalue weighted by molar-refractivity contribution is 7.88. The van der Waals surface area contributed by atoms with Crippen molar-refractivity contribution in [1.29, 1.82) is 0 Å². The monoisotopic (exact) mass is 351 g/mol. The van der Waals surface area contributed by atoms with Crippen LogP contribution in [0.1, 0.15) is 22.8 Å². The van der Waals surface area contributed by atoms with Gasteiger partial charge < -0.3 is 9.80 Å². The van der Waals surface area contributed by atoms with Crippen molar-refractivity contribution in [2.75, 3.05) is 32.4 Å². The number of carbonyl (C=O) groups excluding carboxylic acids is 2. The first-order valence-electron chi connectivity index (χ1n) is 7.92. The third-order valence-corrected chi connectivity index (χ3v) is 6.00. The number of sulfonamides is 1. The molecule has 2 aliphatic rings. The van der Waals surface area contributed by atoms with E-state index in [1.54, 1.807) is 22.8 Å². The quantitative estimate of drug-likeness (QED) is 0.776. The minimum atomic E-state index is -3.23. The van der Waals surface area contributed by atoms with Crippen LogP contribution in [0.2, 0.25) is 0 Å². The molecule has 1 aromatic carbocycles. The summed E-state index contributed by atoms with van der Waals surface area (Å²) < 4.78 is 24.5. The highest BCUT2D eigenvalue weighted by Crippen LogP contribution is 2.25. The number of hydrogen-bond acceptors (Lipinski definition) is 4. The standard InChI is InChI=1S/C16H21N3O4S/c1-12(19-11-13-5-3-4-6-14(13)16(19)21)15(20)17-7-9-18(10-8-17)24(2,22)23/h3-6,12H,7-11H2,1-2H3. The molecule has 1 fully saturated rings. The van der Waals surface area contributed by atoms with Crippen molar-refractivity contribution >= 4 is 21.8 Å². The van der Waals surface area contributed by atoms with Gasteiger partial charge in [-0.1, -0.05) is 18.2 Å². The molecule has 0 aliphatic carbocycles. The number of rotatable bonds is 3. The topological polar surface area (TPSA) is 78.0 Å². The van der Waals surface area contributed by atoms with Crippen LogP contribution in [0.15, 0.2) is 24.3 Å². The van der Waals surface area contributed by atoms with Gasteiger partial charge in [-0.3, -0.25) is 9.59 Å². The fraction of sp³-hybridized carbons (Fsp3) is 0.500. The molecule has 3 rings (SSSR count). The molecule has 1 unspecified atom stereocenters. The second kappa shape index (κ2) is 6.18. The summed E-state index contributed by atoms with van der Waals surface area (Å²) >= 11 is 0. The molecular formula is C16H21N3O4S. The summed E-state index contributed by atoms with van der Waals surface area (Å²) in [7, 11) is -3.23. The van der Waals surface area contributed by atoms with Gasteiger partial charge in [-0.2, -0.15) is 4.31 Å². The zero-order valence-electron chi connectivity index (χ0n) is 13.8. The summed E-state index contributed by atoms with van der Waals surface area (Å²) in [6.07, 6.45) is 1.17. The Bertz CT molecular complexity index is 769. The fourth-order valence-corrected chi connectivity index (χ4v) is 4.05. The van der Waals surface area contributed by atoms with E-state index in [-0.39, 0.29) is 11.8 Å². The lowest BCUT2D eigenvalue weighted by Gasteiger charge is -2.36. The van der Waals surface area contributed by atoms with E-state index >= 15 is 0 Å². The molecule has 2 heterocycles. The fourth-order valence-electron chi connectivity index (χ4n) is 3.23. The van der Waals surface area contributed by atoms with Gasteiger partial charge in [-0.15, -0.1) is 0 Å². The zero-order chi connectivity index (χ0) is 17.5. The molecule has 8 heteroatoms. The van der Waals surface area contributed by atoms with Gasteiger partial charge >= 0.3 is 0 Å². The van der Waals surface area contributed by atoms with Crippen molar-refractivity contribution < 1.29 is 18.0 Å². The van der Waals surface area contributed by atoms with Gasteiger partial charge in [-0.05, 0) is 18.6 Å². The predicted molar refractivity (Wildman–Crippen MR) is 88.8 cm³/mol. The van der Waals surface area contributed by atoms with Crippen molar-refractivity contribution in [2.24, 2.45) is 0 Å². The molecule has 0 radical (unpaired) electrons. The second-order valence-electron chi connectivity index (χ2n) is 6.25. The Labute approximate surface area is 141 Å². The van der Waals surface area contributed by atoms with Crippen molar-refractivity contribution in [1.82, 2.24) is 14.1 Å². The predicted octanol–water partition coefficient (Wildman–Crippen LogP) is 0.135. The summed E-state index contributed by atoms with van der Waals surface area (Å²) in [4.78, 5) is 28.4. The lowest BCUT2D eigenvalue weighted by Crippen LogP contribution is -2.55. The molecule has 0 bridgehead atoms. The van der Waals surface area contributed by atoms with E-state index in [4.69, 9.17) is 0 Å². The van der Waals surface area contributed by atoms with Crippen LogP contribution in [0.4, 0.5) is 0 Å². The molecule has 7 nitrogen and oxygen atoms in total. The number of carbonyl (C=O) groups is 2. The molecule has 1 saturated heterocycles. The van der Waals surface area contributed by atoms with E-state index in [0.29, 0.717) is 38.3 Å². The first-order valence-corrected chi connectivity index (χ1v) is 9.76. The Morgan fingerprint density at radius 2 is 1.75 bits per heavy atom. The maximum atomic E-state index is 12.7. The van der Waals surface area contributed by atoms with Crippen LogP contribution in [0.25, 0.3) is 0 Å². The van der Waals surface area contributed by atoms with Gasteiger partial charge in [0.2, 0.25) is 15.9 Å². The van der Waals surface area contributed by atoms with Gasteiger partial charge in [0.25, 0.3) is 5.91 Å². The Hall–Kier alpha value is -1.93. The van der Waals surface area contributed by atoms with Crippen molar-refractivity contribution in [3.63, 3.8) is 0 Å². The molecule has 130 valence electrons. The van der Waals surface area contributed by atoms with Crippen molar-refractivity contribution in [2.45, 2.75) is 19.5 Å². The Morgan fingerprint density at radius 1 is 1.12 bits per heavy atom. The lowest BCUT2D eigenvalue weighted by atomic mass is 10.1. The number of fused-ring (bicyclic) bond motifs is 1. The number of nitrogens with zero attached hydrogens (tertiary/aromatic N) is 3. The maximum Gasteiger partial charge on any atom is 0.255 e. The van der Waals surface area contributed by atoms with Crippen LogP contribution in [-0.2, 0) is 21.4 Å². The first kappa shape index (κ1) is 16.9. The van der Waals surface area contributed by atoms with E-state index in [1.165, 1.54) is 10.6 Å². The van der Waals surface area contributed by atoms with Crippen molar-refractivity contribution in [3.8, 4) is 0 Å².